The quantitative estimate of drug-likeness (QED) is 0.253. The van der Waals surface area contributed by atoms with Gasteiger partial charge in [0.05, 0.1) is 19.6 Å². The highest BCUT2D eigenvalue weighted by molar-refractivity contribution is 7.93. The maximum absolute atomic E-state index is 13.3. The second-order valence-electron chi connectivity index (χ2n) is 9.59. The molecule has 0 saturated carbocycles. The number of hydrazine groups is 1. The van der Waals surface area contributed by atoms with Crippen LogP contribution in [0.2, 0.25) is 0 Å². The van der Waals surface area contributed by atoms with E-state index >= 15 is 0 Å². The van der Waals surface area contributed by atoms with Crippen LogP contribution >= 0.6 is 0 Å². The molecule has 1 aromatic carbocycles. The number of carbonyl (C=O) groups excluding carboxylic acids is 4. The van der Waals surface area contributed by atoms with Crippen molar-refractivity contribution in [3.05, 3.63) is 41.4 Å². The number of H-pyrrole nitrogens is 1. The van der Waals surface area contributed by atoms with Crippen molar-refractivity contribution in [2.45, 2.75) is 32.7 Å². The maximum Gasteiger partial charge on any atom is 0.268 e. The zero-order chi connectivity index (χ0) is 28.0. The number of fused-ring (bicyclic) bond motifs is 1. The highest BCUT2D eigenvalue weighted by atomic mass is 32.2. The number of benzene rings is 1. The minimum Gasteiger partial charge on any atom is -0.496 e. The first-order valence-electron chi connectivity index (χ1n) is 12.1. The third kappa shape index (κ3) is 7.57. The lowest BCUT2D eigenvalue weighted by Gasteiger charge is -2.27. The molecule has 1 saturated heterocycles. The number of hydrogen-bond acceptors (Lipinski definition) is 7. The number of sulfone groups is 1. The predicted octanol–water partition coefficient (Wildman–Crippen LogP) is 0.875. The van der Waals surface area contributed by atoms with E-state index in [-0.39, 0.29) is 30.5 Å². The molecule has 1 aromatic heterocycles. The summed E-state index contributed by atoms with van der Waals surface area (Å²) >= 11 is 0. The minimum absolute atomic E-state index is 0.00347. The fourth-order valence-electron chi connectivity index (χ4n) is 4.08. The summed E-state index contributed by atoms with van der Waals surface area (Å²) < 4.78 is 28.3. The second kappa shape index (κ2) is 12.1. The van der Waals surface area contributed by atoms with Crippen LogP contribution < -0.4 is 20.8 Å². The molecule has 0 radical (unpaired) electrons. The zero-order valence-electron chi connectivity index (χ0n) is 21.7. The molecule has 1 fully saturated rings. The molecule has 0 aliphatic carbocycles. The summed E-state index contributed by atoms with van der Waals surface area (Å²) in [5.41, 5.74) is 3.39. The molecule has 1 aliphatic heterocycles. The smallest absolute Gasteiger partial charge is 0.268 e. The van der Waals surface area contributed by atoms with Crippen LogP contribution in [-0.4, -0.2) is 74.5 Å². The second-order valence-corrected chi connectivity index (χ2v) is 11.5. The summed E-state index contributed by atoms with van der Waals surface area (Å²) in [5.74, 6) is -2.30. The molecular weight excluding hydrogens is 514 g/mol. The molecule has 12 nitrogen and oxygen atoms in total. The predicted molar refractivity (Wildman–Crippen MR) is 141 cm³/mol. The Kier molecular flexibility index (Phi) is 9.15. The number of nitrogens with zero attached hydrogens (tertiary/aromatic N) is 1. The molecular formula is C25H33N5O7S. The summed E-state index contributed by atoms with van der Waals surface area (Å²) in [4.78, 5) is 54.3. The standard InChI is InChI=1S/C25H33N5O7S/c1-15(2)12-19(28-24(33)20-13-17-18(27-20)6-5-7-21(17)37-3)25(34)29-30(14-16-8-10-26-23(16)32)22(31)9-11-38(4,35)36/h5-7,9,11,13,15-16,19,27H,8,10,12,14H2,1-4H3,(H,26,32)(H,28,33)(H,29,34)/b11-9+/t16-,19-/m0/s1. The molecule has 0 spiro atoms. The van der Waals surface area contributed by atoms with Crippen LogP contribution in [-0.2, 0) is 24.2 Å². The number of carbonyl (C=O) groups is 4. The first kappa shape index (κ1) is 28.7. The largest absolute Gasteiger partial charge is 0.496 e. The molecule has 0 unspecified atom stereocenters. The highest BCUT2D eigenvalue weighted by Gasteiger charge is 2.31. The lowest BCUT2D eigenvalue weighted by molar-refractivity contribution is -0.140. The monoisotopic (exact) mass is 547 g/mol. The van der Waals surface area contributed by atoms with Crippen molar-refractivity contribution in [3.63, 3.8) is 0 Å². The van der Waals surface area contributed by atoms with Crippen molar-refractivity contribution in [2.75, 3.05) is 26.5 Å². The summed E-state index contributed by atoms with van der Waals surface area (Å²) in [5, 5.41) is 7.71. The highest BCUT2D eigenvalue weighted by Crippen LogP contribution is 2.26. The van der Waals surface area contributed by atoms with E-state index in [1.54, 1.807) is 24.3 Å². The van der Waals surface area contributed by atoms with Crippen LogP contribution in [0.1, 0.15) is 37.2 Å². The Hall–Kier alpha value is -3.87. The van der Waals surface area contributed by atoms with Gasteiger partial charge < -0.3 is 20.4 Å². The maximum atomic E-state index is 13.3. The van der Waals surface area contributed by atoms with Crippen molar-refractivity contribution in [1.82, 2.24) is 26.1 Å². The first-order chi connectivity index (χ1) is 17.9. The van der Waals surface area contributed by atoms with Gasteiger partial charge in [0.15, 0.2) is 9.84 Å². The van der Waals surface area contributed by atoms with E-state index in [4.69, 9.17) is 4.74 Å². The number of aromatic amines is 1. The van der Waals surface area contributed by atoms with Crippen molar-refractivity contribution in [3.8, 4) is 5.75 Å². The number of hydrogen-bond donors (Lipinski definition) is 4. The fourth-order valence-corrected chi connectivity index (χ4v) is 4.44. The van der Waals surface area contributed by atoms with Gasteiger partial charge in [-0.2, -0.15) is 0 Å². The van der Waals surface area contributed by atoms with Gasteiger partial charge in [0, 0.05) is 35.2 Å². The Morgan fingerprint density at radius 1 is 1.26 bits per heavy atom. The van der Waals surface area contributed by atoms with Gasteiger partial charge >= 0.3 is 0 Å². The average Bonchev–Trinajstić information content (AvgIpc) is 3.46. The van der Waals surface area contributed by atoms with Crippen LogP contribution in [0, 0.1) is 11.8 Å². The molecule has 4 amide bonds. The van der Waals surface area contributed by atoms with E-state index in [9.17, 15) is 27.6 Å². The molecule has 13 heteroatoms. The van der Waals surface area contributed by atoms with Gasteiger partial charge in [0.2, 0.25) is 5.91 Å². The van der Waals surface area contributed by atoms with Crippen molar-refractivity contribution in [1.29, 1.82) is 0 Å². The molecule has 3 rings (SSSR count). The topological polar surface area (TPSA) is 167 Å². The van der Waals surface area contributed by atoms with Crippen molar-refractivity contribution < 1.29 is 32.3 Å². The molecule has 2 aromatic rings. The van der Waals surface area contributed by atoms with Gasteiger partial charge in [-0.3, -0.25) is 24.6 Å². The zero-order valence-corrected chi connectivity index (χ0v) is 22.6. The van der Waals surface area contributed by atoms with Gasteiger partial charge in [-0.25, -0.2) is 13.4 Å². The third-order valence-electron chi connectivity index (χ3n) is 5.95. The fraction of sp³-hybridized carbons (Fsp3) is 0.440. The van der Waals surface area contributed by atoms with Crippen LogP contribution in [0.15, 0.2) is 35.7 Å². The van der Waals surface area contributed by atoms with Gasteiger partial charge in [0.25, 0.3) is 17.7 Å². The molecule has 0 bridgehead atoms. The number of ether oxygens (including phenoxy) is 1. The minimum atomic E-state index is -3.60. The number of amides is 4. The molecule has 2 atom stereocenters. The number of methoxy groups -OCH3 is 1. The number of aromatic nitrogens is 1. The summed E-state index contributed by atoms with van der Waals surface area (Å²) in [6, 6.07) is 5.93. The Labute approximate surface area is 221 Å². The SMILES string of the molecule is COc1cccc2[nH]c(C(=O)N[C@@H](CC(C)C)C(=O)NN(C[C@@H]3CCNC3=O)C(=O)/C=C/S(C)(=O)=O)cc12. The Bertz CT molecular complexity index is 1350. The first-order valence-corrected chi connectivity index (χ1v) is 14.1. The summed E-state index contributed by atoms with van der Waals surface area (Å²) in [6.45, 7) is 4.02. The Morgan fingerprint density at radius 3 is 2.61 bits per heavy atom. The van der Waals surface area contributed by atoms with Gasteiger partial charge in [-0.1, -0.05) is 19.9 Å². The van der Waals surface area contributed by atoms with E-state index in [0.29, 0.717) is 29.6 Å². The van der Waals surface area contributed by atoms with E-state index in [2.05, 4.69) is 21.0 Å². The third-order valence-corrected chi connectivity index (χ3v) is 6.58. The van der Waals surface area contributed by atoms with Crippen LogP contribution in [0.3, 0.4) is 0 Å². The lowest BCUT2D eigenvalue weighted by atomic mass is 10.0. The van der Waals surface area contributed by atoms with E-state index in [0.717, 1.165) is 22.7 Å². The van der Waals surface area contributed by atoms with Crippen LogP contribution in [0.4, 0.5) is 0 Å². The Morgan fingerprint density at radius 2 is 2.00 bits per heavy atom. The van der Waals surface area contributed by atoms with Crippen LogP contribution in [0.5, 0.6) is 5.75 Å². The average molecular weight is 548 g/mol. The number of rotatable bonds is 10. The van der Waals surface area contributed by atoms with E-state index < -0.39 is 39.5 Å². The summed E-state index contributed by atoms with van der Waals surface area (Å²) in [7, 11) is -2.08. The van der Waals surface area contributed by atoms with E-state index in [1.807, 2.05) is 13.8 Å². The van der Waals surface area contributed by atoms with Gasteiger partial charge in [-0.05, 0) is 37.0 Å². The number of nitrogens with one attached hydrogen (secondary N) is 4. The van der Waals surface area contributed by atoms with Crippen molar-refractivity contribution >= 4 is 44.4 Å². The molecule has 4 N–H and O–H groups in total. The molecule has 1 aliphatic rings. The summed E-state index contributed by atoms with van der Waals surface area (Å²) in [6.07, 6.45) is 2.45. The van der Waals surface area contributed by atoms with E-state index in [1.165, 1.54) is 7.11 Å². The normalized spacial score (nSPS) is 16.4. The van der Waals surface area contributed by atoms with Crippen molar-refractivity contribution in [2.24, 2.45) is 11.8 Å². The van der Waals surface area contributed by atoms with Gasteiger partial charge in [0.1, 0.15) is 17.5 Å². The molecule has 2 heterocycles. The Balaban J connectivity index is 1.81. The lowest BCUT2D eigenvalue weighted by Crippen LogP contribution is -2.55. The molecule has 206 valence electrons. The van der Waals surface area contributed by atoms with Crippen LogP contribution in [0.25, 0.3) is 10.9 Å². The van der Waals surface area contributed by atoms with Gasteiger partial charge in [-0.15, -0.1) is 0 Å². The molecule has 38 heavy (non-hydrogen) atoms.